The van der Waals surface area contributed by atoms with E-state index < -0.39 is 0 Å². The summed E-state index contributed by atoms with van der Waals surface area (Å²) in [6.07, 6.45) is 1.01. The molecule has 1 aromatic carbocycles. The average Bonchev–Trinajstić information content (AvgIpc) is 3.01. The van der Waals surface area contributed by atoms with Crippen LogP contribution in [0.4, 0.5) is 0 Å². The molecule has 4 nitrogen and oxygen atoms in total. The molecule has 3 rings (SSSR count). The van der Waals surface area contributed by atoms with Crippen molar-refractivity contribution in [3.05, 3.63) is 29.3 Å². The second-order valence-corrected chi connectivity index (χ2v) is 4.48. The Morgan fingerprint density at radius 1 is 1.41 bits per heavy atom. The van der Waals surface area contributed by atoms with Gasteiger partial charge in [-0.25, -0.2) is 0 Å². The number of hydrogen-bond donors (Lipinski definition) is 2. The van der Waals surface area contributed by atoms with Crippen LogP contribution in [-0.4, -0.2) is 39.3 Å². The first-order chi connectivity index (χ1) is 8.28. The van der Waals surface area contributed by atoms with Gasteiger partial charge >= 0.3 is 0 Å². The molecule has 2 aliphatic heterocycles. The number of hydrogen-bond acceptors (Lipinski definition) is 4. The van der Waals surface area contributed by atoms with E-state index in [-0.39, 0.29) is 18.1 Å². The highest BCUT2D eigenvalue weighted by Crippen LogP contribution is 2.30. The van der Waals surface area contributed by atoms with Gasteiger partial charge in [0.05, 0.1) is 13.4 Å². The summed E-state index contributed by atoms with van der Waals surface area (Å²) < 4.78 is 5.71. The first-order valence-electron chi connectivity index (χ1n) is 5.76. The molecular formula is C12H13BN2O2. The summed E-state index contributed by atoms with van der Waals surface area (Å²) in [7, 11) is 5.70. The van der Waals surface area contributed by atoms with E-state index in [9.17, 15) is 4.79 Å². The Morgan fingerprint density at radius 2 is 2.18 bits per heavy atom. The van der Waals surface area contributed by atoms with Crippen LogP contribution >= 0.6 is 0 Å². The predicted octanol–water partition coefficient (Wildman–Crippen LogP) is -0.0114. The smallest absolute Gasteiger partial charge is 0.153 e. The zero-order chi connectivity index (χ0) is 11.8. The Balaban J connectivity index is 1.80. The van der Waals surface area contributed by atoms with Crippen molar-refractivity contribution in [1.82, 2.24) is 10.6 Å². The van der Waals surface area contributed by atoms with E-state index in [1.54, 1.807) is 0 Å². The molecule has 2 aliphatic rings. The summed E-state index contributed by atoms with van der Waals surface area (Å²) in [5.41, 5.74) is 1.63. The largest absolute Gasteiger partial charge is 0.487 e. The van der Waals surface area contributed by atoms with E-state index in [2.05, 4.69) is 10.6 Å². The molecule has 2 radical (unpaired) electrons. The monoisotopic (exact) mass is 228 g/mol. The van der Waals surface area contributed by atoms with E-state index in [4.69, 9.17) is 12.6 Å². The Hall–Kier alpha value is -1.33. The van der Waals surface area contributed by atoms with Crippen LogP contribution in [-0.2, 0) is 0 Å². The van der Waals surface area contributed by atoms with Gasteiger partial charge in [0.15, 0.2) is 6.29 Å². The molecule has 17 heavy (non-hydrogen) atoms. The fourth-order valence-electron chi connectivity index (χ4n) is 1.94. The molecule has 0 amide bonds. The summed E-state index contributed by atoms with van der Waals surface area (Å²) in [6, 6.07) is 5.83. The molecule has 2 atom stereocenters. The zero-order valence-corrected chi connectivity index (χ0v) is 9.35. The normalized spacial score (nSPS) is 27.3. The highest BCUT2D eigenvalue weighted by molar-refractivity contribution is 6.14. The minimum absolute atomic E-state index is 0.0112. The van der Waals surface area contributed by atoms with Gasteiger partial charge in [-0.2, -0.15) is 0 Å². The van der Waals surface area contributed by atoms with E-state index >= 15 is 0 Å². The molecule has 0 spiro atoms. The van der Waals surface area contributed by atoms with Crippen LogP contribution in [0.3, 0.4) is 0 Å². The third-order valence-corrected chi connectivity index (χ3v) is 3.18. The Bertz CT molecular complexity index is 448. The number of rotatable bonds is 4. The zero-order valence-electron chi connectivity index (χ0n) is 9.35. The van der Waals surface area contributed by atoms with Gasteiger partial charge in [0, 0.05) is 19.1 Å². The Morgan fingerprint density at radius 3 is 2.71 bits per heavy atom. The Labute approximate surface area is 101 Å². The minimum Gasteiger partial charge on any atom is -0.487 e. The molecule has 2 saturated heterocycles. The van der Waals surface area contributed by atoms with Crippen LogP contribution in [0.2, 0.25) is 0 Å². The highest BCUT2D eigenvalue weighted by atomic mass is 16.5. The van der Waals surface area contributed by atoms with Gasteiger partial charge in [-0.1, -0.05) is 6.07 Å². The summed E-state index contributed by atoms with van der Waals surface area (Å²) in [5.74, 6) is 0.668. The van der Waals surface area contributed by atoms with Gasteiger partial charge in [0.25, 0.3) is 0 Å². The molecule has 2 heterocycles. The van der Waals surface area contributed by atoms with Gasteiger partial charge in [-0.15, -0.1) is 0 Å². The first-order valence-corrected chi connectivity index (χ1v) is 5.76. The molecule has 2 fully saturated rings. The maximum atomic E-state index is 11.0. The molecule has 86 valence electrons. The van der Waals surface area contributed by atoms with Crippen molar-refractivity contribution in [2.45, 2.75) is 18.1 Å². The maximum Gasteiger partial charge on any atom is 0.153 e. The molecule has 0 aromatic heterocycles. The lowest BCUT2D eigenvalue weighted by Crippen LogP contribution is -2.50. The van der Waals surface area contributed by atoms with Crippen molar-refractivity contribution in [2.24, 2.45) is 0 Å². The lowest BCUT2D eigenvalue weighted by molar-refractivity contribution is 0.110. The number of ether oxygens (including phenoxy) is 1. The second-order valence-electron chi connectivity index (χ2n) is 4.48. The lowest BCUT2D eigenvalue weighted by Gasteiger charge is -2.28. The van der Waals surface area contributed by atoms with Gasteiger partial charge < -0.3 is 15.4 Å². The number of carbonyl (C=O) groups excluding carboxylic acids is 1. The van der Waals surface area contributed by atoms with Crippen LogP contribution in [0.25, 0.3) is 0 Å². The summed E-state index contributed by atoms with van der Waals surface area (Å²) in [6.45, 7) is 1.68. The van der Waals surface area contributed by atoms with Crippen molar-refractivity contribution >= 4 is 14.1 Å². The van der Waals surface area contributed by atoms with Gasteiger partial charge in [-0.3, -0.25) is 4.79 Å². The SMILES string of the molecule is [B]C1NC1c1ccc(OC2CNC2)c(C=O)c1. The molecule has 0 bridgehead atoms. The van der Waals surface area contributed by atoms with E-state index in [1.807, 2.05) is 18.2 Å². The Kier molecular flexibility index (Phi) is 2.65. The van der Waals surface area contributed by atoms with Gasteiger partial charge in [-0.05, 0) is 23.6 Å². The molecule has 0 aliphatic carbocycles. The molecule has 2 N–H and O–H groups in total. The summed E-state index contributed by atoms with van der Waals surface area (Å²) >= 11 is 0. The van der Waals surface area contributed by atoms with E-state index in [0.29, 0.717) is 11.3 Å². The topological polar surface area (TPSA) is 60.3 Å². The van der Waals surface area contributed by atoms with Gasteiger partial charge in [0.2, 0.25) is 0 Å². The molecule has 5 heteroatoms. The highest BCUT2D eigenvalue weighted by Gasteiger charge is 2.32. The molecule has 1 aromatic rings. The summed E-state index contributed by atoms with van der Waals surface area (Å²) in [5, 5.41) is 6.22. The predicted molar refractivity (Wildman–Crippen MR) is 64.5 cm³/mol. The van der Waals surface area contributed by atoms with Crippen molar-refractivity contribution in [1.29, 1.82) is 0 Å². The average molecular weight is 228 g/mol. The van der Waals surface area contributed by atoms with Crippen molar-refractivity contribution in [2.75, 3.05) is 13.1 Å². The van der Waals surface area contributed by atoms with E-state index in [0.717, 1.165) is 24.9 Å². The van der Waals surface area contributed by atoms with Crippen LogP contribution in [0.5, 0.6) is 5.75 Å². The molecular weight excluding hydrogens is 215 g/mol. The van der Waals surface area contributed by atoms with Crippen LogP contribution in [0.1, 0.15) is 22.0 Å². The first kappa shape index (κ1) is 10.8. The lowest BCUT2D eigenvalue weighted by atomic mass is 9.96. The number of carbonyl (C=O) groups is 1. The number of benzene rings is 1. The fourth-order valence-corrected chi connectivity index (χ4v) is 1.94. The molecule has 0 saturated carbocycles. The van der Waals surface area contributed by atoms with Crippen LogP contribution in [0, 0.1) is 0 Å². The number of aldehydes is 1. The standard InChI is InChI=1S/C12H13BN2O2/c13-12-11(15-12)7-1-2-10(8(3-7)6-16)17-9-4-14-5-9/h1-3,6,9,11-12,14-15H,4-5H2. The maximum absolute atomic E-state index is 11.0. The van der Waals surface area contributed by atoms with E-state index in [1.165, 1.54) is 0 Å². The van der Waals surface area contributed by atoms with Crippen LogP contribution < -0.4 is 15.4 Å². The quantitative estimate of drug-likeness (QED) is 0.432. The third-order valence-electron chi connectivity index (χ3n) is 3.18. The molecule has 2 unspecified atom stereocenters. The van der Waals surface area contributed by atoms with Crippen molar-refractivity contribution in [3.63, 3.8) is 0 Å². The fraction of sp³-hybridized carbons (Fsp3) is 0.417. The number of nitrogens with one attached hydrogen (secondary N) is 2. The second kappa shape index (κ2) is 4.16. The van der Waals surface area contributed by atoms with Crippen molar-refractivity contribution < 1.29 is 9.53 Å². The third kappa shape index (κ3) is 2.08. The summed E-state index contributed by atoms with van der Waals surface area (Å²) in [4.78, 5) is 11.0. The van der Waals surface area contributed by atoms with Crippen molar-refractivity contribution in [3.8, 4) is 5.75 Å². The van der Waals surface area contributed by atoms with Crippen LogP contribution in [0.15, 0.2) is 18.2 Å². The minimum atomic E-state index is 0.0112. The van der Waals surface area contributed by atoms with Gasteiger partial charge in [0.1, 0.15) is 11.9 Å².